The summed E-state index contributed by atoms with van der Waals surface area (Å²) in [6, 6.07) is 20.7. The lowest BCUT2D eigenvalue weighted by Crippen LogP contribution is -2.21. The average molecular weight is 344 g/mol. The van der Waals surface area contributed by atoms with Crippen molar-refractivity contribution in [3.63, 3.8) is 0 Å². The fourth-order valence-corrected chi connectivity index (χ4v) is 5.24. The van der Waals surface area contributed by atoms with Crippen molar-refractivity contribution in [1.82, 2.24) is 0 Å². The van der Waals surface area contributed by atoms with Crippen LogP contribution in [0, 0.1) is 0 Å². The summed E-state index contributed by atoms with van der Waals surface area (Å²) in [4.78, 5) is 5.67. The molecule has 0 spiro atoms. The first-order valence-corrected chi connectivity index (χ1v) is 10.0. The molecule has 4 heteroatoms. The quantitative estimate of drug-likeness (QED) is 0.544. The smallest absolute Gasteiger partial charge is 0.142 e. The third-order valence-electron chi connectivity index (χ3n) is 3.58. The maximum absolute atomic E-state index is 5.67. The van der Waals surface area contributed by atoms with Gasteiger partial charge < -0.3 is 4.84 Å². The van der Waals surface area contributed by atoms with Crippen LogP contribution in [-0.4, -0.2) is 21.8 Å². The number of nitrogens with zero attached hydrogens (tertiary/aromatic N) is 1. The normalized spacial score (nSPS) is 16.3. The minimum absolute atomic E-state index is 0.416. The minimum atomic E-state index is 0.416. The molecule has 1 aliphatic rings. The van der Waals surface area contributed by atoms with Gasteiger partial charge in [-0.3, -0.25) is 0 Å². The highest BCUT2D eigenvalue weighted by atomic mass is 32.2. The molecular formula is C19H21NOS2. The van der Waals surface area contributed by atoms with E-state index in [1.54, 1.807) is 0 Å². The second-order valence-corrected chi connectivity index (χ2v) is 8.16. The van der Waals surface area contributed by atoms with Gasteiger partial charge in [0.1, 0.15) is 6.61 Å². The second-order valence-electron chi connectivity index (χ2n) is 5.43. The Morgan fingerprint density at radius 2 is 1.52 bits per heavy atom. The fourth-order valence-electron chi connectivity index (χ4n) is 2.41. The molecular weight excluding hydrogens is 322 g/mol. The topological polar surface area (TPSA) is 21.6 Å². The molecule has 1 aliphatic heterocycles. The average Bonchev–Trinajstić information content (AvgIpc) is 2.63. The Labute approximate surface area is 146 Å². The van der Waals surface area contributed by atoms with Crippen LogP contribution in [0.2, 0.25) is 0 Å². The van der Waals surface area contributed by atoms with Gasteiger partial charge in [-0.25, -0.2) is 0 Å². The lowest BCUT2D eigenvalue weighted by Gasteiger charge is -2.22. The first-order valence-electron chi connectivity index (χ1n) is 7.91. The van der Waals surface area contributed by atoms with Gasteiger partial charge in [-0.1, -0.05) is 65.8 Å². The Balaban J connectivity index is 1.67. The number of hydrogen-bond donors (Lipinski definition) is 0. The van der Waals surface area contributed by atoms with Crippen molar-refractivity contribution in [2.75, 3.05) is 11.5 Å². The van der Waals surface area contributed by atoms with Crippen LogP contribution < -0.4 is 0 Å². The Hall–Kier alpha value is -1.39. The van der Waals surface area contributed by atoms with Gasteiger partial charge >= 0.3 is 0 Å². The molecule has 0 saturated carbocycles. The Kier molecular flexibility index (Phi) is 6.47. The zero-order chi connectivity index (χ0) is 15.7. The number of oxime groups is 1. The Morgan fingerprint density at radius 3 is 2.17 bits per heavy atom. The molecule has 0 atom stereocenters. The molecule has 1 fully saturated rings. The minimum Gasteiger partial charge on any atom is -0.391 e. The van der Waals surface area contributed by atoms with Crippen molar-refractivity contribution in [3.8, 4) is 0 Å². The van der Waals surface area contributed by atoms with E-state index >= 15 is 0 Å². The van der Waals surface area contributed by atoms with Crippen molar-refractivity contribution in [1.29, 1.82) is 0 Å². The van der Waals surface area contributed by atoms with Crippen LogP contribution in [0.4, 0.5) is 0 Å². The van der Waals surface area contributed by atoms with E-state index in [1.807, 2.05) is 41.7 Å². The van der Waals surface area contributed by atoms with E-state index in [0.717, 1.165) is 17.7 Å². The van der Waals surface area contributed by atoms with Gasteiger partial charge in [-0.15, -0.1) is 23.5 Å². The Bertz CT molecular complexity index is 610. The third kappa shape index (κ3) is 5.33. The van der Waals surface area contributed by atoms with Crippen LogP contribution in [0.5, 0.6) is 0 Å². The highest BCUT2D eigenvalue weighted by Gasteiger charge is 2.21. The molecule has 3 rings (SSSR count). The van der Waals surface area contributed by atoms with Crippen molar-refractivity contribution >= 4 is 29.2 Å². The van der Waals surface area contributed by atoms with Gasteiger partial charge in [0.15, 0.2) is 0 Å². The highest BCUT2D eigenvalue weighted by Crippen LogP contribution is 2.32. The molecule has 0 bridgehead atoms. The predicted molar refractivity (Wildman–Crippen MR) is 102 cm³/mol. The summed E-state index contributed by atoms with van der Waals surface area (Å²) in [5.74, 6) is 2.42. The molecule has 120 valence electrons. The van der Waals surface area contributed by atoms with Crippen molar-refractivity contribution < 1.29 is 4.84 Å². The van der Waals surface area contributed by atoms with Crippen molar-refractivity contribution in [2.45, 2.75) is 24.0 Å². The third-order valence-corrected chi connectivity index (χ3v) is 6.60. The summed E-state index contributed by atoms with van der Waals surface area (Å²) in [6.07, 6.45) is 2.15. The van der Waals surface area contributed by atoms with Crippen LogP contribution in [0.25, 0.3) is 0 Å². The first kappa shape index (κ1) is 16.5. The van der Waals surface area contributed by atoms with Crippen molar-refractivity contribution in [3.05, 3.63) is 71.8 Å². The molecule has 0 radical (unpaired) electrons. The van der Waals surface area contributed by atoms with Crippen LogP contribution in [0.3, 0.4) is 0 Å². The monoisotopic (exact) mass is 343 g/mol. The van der Waals surface area contributed by atoms with Crippen molar-refractivity contribution in [2.24, 2.45) is 5.16 Å². The summed E-state index contributed by atoms with van der Waals surface area (Å²) in [6.45, 7) is 0.529. The number of benzene rings is 2. The predicted octanol–water partition coefficient (Wildman–Crippen LogP) is 5.00. The van der Waals surface area contributed by atoms with Gasteiger partial charge in [0.05, 0.1) is 10.3 Å². The first-order chi connectivity index (χ1) is 11.4. The lowest BCUT2D eigenvalue weighted by atomic mass is 10.1. The number of thioether (sulfide) groups is 2. The zero-order valence-corrected chi connectivity index (χ0v) is 14.7. The molecule has 0 N–H and O–H groups in total. The molecule has 1 saturated heterocycles. The highest BCUT2D eigenvalue weighted by molar-refractivity contribution is 8.18. The summed E-state index contributed by atoms with van der Waals surface area (Å²) >= 11 is 3.98. The SMILES string of the molecule is c1ccc(CON=C(Cc2ccccc2)C2SCCCS2)cc1. The lowest BCUT2D eigenvalue weighted by molar-refractivity contribution is 0.130. The maximum Gasteiger partial charge on any atom is 0.142 e. The van der Waals surface area contributed by atoms with Gasteiger partial charge in [0.2, 0.25) is 0 Å². The molecule has 0 aliphatic carbocycles. The van der Waals surface area contributed by atoms with Gasteiger partial charge in [0.25, 0.3) is 0 Å². The fraction of sp³-hybridized carbons (Fsp3) is 0.316. The van der Waals surface area contributed by atoms with Gasteiger partial charge in [-0.05, 0) is 29.1 Å². The summed E-state index contributed by atoms with van der Waals surface area (Å²) in [7, 11) is 0. The number of rotatable bonds is 6. The summed E-state index contributed by atoms with van der Waals surface area (Å²) in [5.41, 5.74) is 3.59. The number of hydrogen-bond acceptors (Lipinski definition) is 4. The second kappa shape index (κ2) is 9.04. The van der Waals surface area contributed by atoms with E-state index < -0.39 is 0 Å². The molecule has 2 aromatic rings. The van der Waals surface area contributed by atoms with Gasteiger partial charge in [-0.2, -0.15) is 0 Å². The van der Waals surface area contributed by atoms with Crippen LogP contribution >= 0.6 is 23.5 Å². The van der Waals surface area contributed by atoms with E-state index in [4.69, 9.17) is 4.84 Å². The Morgan fingerprint density at radius 1 is 0.913 bits per heavy atom. The molecule has 23 heavy (non-hydrogen) atoms. The standard InChI is InChI=1S/C19H21NOS2/c1-3-8-16(9-4-1)14-18(19-22-12-7-13-23-19)20-21-15-17-10-5-2-6-11-17/h1-6,8-11,19H,7,12-15H2. The van der Waals surface area contributed by atoms with E-state index in [-0.39, 0.29) is 0 Å². The van der Waals surface area contributed by atoms with Gasteiger partial charge in [0, 0.05) is 6.42 Å². The van der Waals surface area contributed by atoms with Crippen LogP contribution in [-0.2, 0) is 17.9 Å². The largest absolute Gasteiger partial charge is 0.391 e. The molecule has 0 amide bonds. The molecule has 0 aromatic heterocycles. The molecule has 2 aromatic carbocycles. The van der Waals surface area contributed by atoms with E-state index in [9.17, 15) is 0 Å². The summed E-state index contributed by atoms with van der Waals surface area (Å²) in [5, 5.41) is 4.51. The zero-order valence-electron chi connectivity index (χ0n) is 13.1. The van der Waals surface area contributed by atoms with E-state index in [0.29, 0.717) is 11.2 Å². The molecule has 1 heterocycles. The molecule has 2 nitrogen and oxygen atoms in total. The molecule has 0 unspecified atom stereocenters. The van der Waals surface area contributed by atoms with Crippen LogP contribution in [0.1, 0.15) is 17.5 Å². The maximum atomic E-state index is 5.67. The van der Waals surface area contributed by atoms with E-state index in [1.165, 1.54) is 23.5 Å². The van der Waals surface area contributed by atoms with Crippen LogP contribution in [0.15, 0.2) is 65.8 Å². The van der Waals surface area contributed by atoms with E-state index in [2.05, 4.69) is 47.6 Å². The summed E-state index contributed by atoms with van der Waals surface area (Å²) < 4.78 is 0.416.